The van der Waals surface area contributed by atoms with Gasteiger partial charge in [-0.1, -0.05) is 98.3 Å². The van der Waals surface area contributed by atoms with Gasteiger partial charge in [0, 0.05) is 32.1 Å². The van der Waals surface area contributed by atoms with Crippen LogP contribution in [0.1, 0.15) is 64.4 Å². The number of hydrogen-bond acceptors (Lipinski definition) is 3. The van der Waals surface area contributed by atoms with Crippen LogP contribution in [0.5, 0.6) is 0 Å². The predicted octanol–water partition coefficient (Wildman–Crippen LogP) is 7.67. The summed E-state index contributed by atoms with van der Waals surface area (Å²) in [7, 11) is 0. The number of fused-ring (bicyclic) bond motifs is 4. The highest BCUT2D eigenvalue weighted by molar-refractivity contribution is 9.10. The Morgan fingerprint density at radius 3 is 2.63 bits per heavy atom. The molecule has 5 aromatic rings. The molecule has 0 fully saturated rings. The molecule has 0 amide bonds. The molecule has 5 rings (SSSR count). The third-order valence-corrected chi connectivity index (χ3v) is 7.60. The van der Waals surface area contributed by atoms with E-state index in [1.807, 2.05) is 42.5 Å². The summed E-state index contributed by atoms with van der Waals surface area (Å²) in [6, 6.07) is 13.7. The number of imidazole rings is 1. The molecule has 2 aromatic heterocycles. The van der Waals surface area contributed by atoms with Crippen LogP contribution in [0.4, 0.5) is 5.69 Å². The van der Waals surface area contributed by atoms with Crippen molar-refractivity contribution in [2.75, 3.05) is 5.73 Å². The van der Waals surface area contributed by atoms with Crippen LogP contribution in [-0.2, 0) is 0 Å². The summed E-state index contributed by atoms with van der Waals surface area (Å²) < 4.78 is 2.66. The number of aromatic nitrogens is 2. The van der Waals surface area contributed by atoms with Crippen molar-refractivity contribution in [2.24, 2.45) is 5.92 Å². The van der Waals surface area contributed by atoms with Crippen LogP contribution in [0.3, 0.4) is 0 Å². The first-order valence-electron chi connectivity index (χ1n) is 12.6. The minimum atomic E-state index is -0.0837. The Balaban J connectivity index is 1.54. The van der Waals surface area contributed by atoms with E-state index in [9.17, 15) is 4.79 Å². The maximum Gasteiger partial charge on any atom is 0.264 e. The van der Waals surface area contributed by atoms with Gasteiger partial charge in [0.25, 0.3) is 5.56 Å². The molecule has 0 aliphatic rings. The Hall–Kier alpha value is -3.10. The highest BCUT2D eigenvalue weighted by Gasteiger charge is 2.18. The number of nitrogens with two attached hydrogens (primary N) is 1. The zero-order chi connectivity index (χ0) is 24.5. The summed E-state index contributed by atoms with van der Waals surface area (Å²) in [6.07, 6.45) is 8.86. The van der Waals surface area contributed by atoms with Crippen LogP contribution in [0.15, 0.2) is 51.7 Å². The molecule has 3 aromatic carbocycles. The van der Waals surface area contributed by atoms with Gasteiger partial charge < -0.3 is 5.73 Å². The standard InChI is InChI=1S/C30H30BrN3O/c1-3-4-5-6-7-8-10-19(2)13-14-20-17-25(32)28-26(18-20)34-29(33-28)22-12-9-11-21-24(31)16-15-23(27(21)22)30(34)35/h9,11-12,15-19H,3-8,10,32H2,1-2H3. The number of anilines is 1. The number of halogens is 1. The average Bonchev–Trinajstić information content (AvgIpc) is 3.25. The molecule has 5 heteroatoms. The van der Waals surface area contributed by atoms with Crippen LogP contribution < -0.4 is 11.3 Å². The molecule has 2 N–H and O–H groups in total. The predicted molar refractivity (Wildman–Crippen MR) is 151 cm³/mol. The number of pyridine rings is 1. The fraction of sp³-hybridized carbons (Fsp3) is 0.333. The Bertz CT molecular complexity index is 1660. The lowest BCUT2D eigenvalue weighted by Gasteiger charge is -2.08. The van der Waals surface area contributed by atoms with E-state index in [0.29, 0.717) is 33.7 Å². The maximum absolute atomic E-state index is 13.6. The smallest absolute Gasteiger partial charge is 0.264 e. The molecule has 0 bridgehead atoms. The first kappa shape index (κ1) is 23.6. The number of rotatable bonds is 7. The minimum absolute atomic E-state index is 0.0837. The molecule has 1 atom stereocenters. The van der Waals surface area contributed by atoms with E-state index < -0.39 is 0 Å². The lowest BCUT2D eigenvalue weighted by molar-refractivity contribution is 0.551. The zero-order valence-corrected chi connectivity index (χ0v) is 21.9. The van der Waals surface area contributed by atoms with Gasteiger partial charge in [-0.2, -0.15) is 0 Å². The Morgan fingerprint density at radius 1 is 1.03 bits per heavy atom. The van der Waals surface area contributed by atoms with Crippen LogP contribution in [0.25, 0.3) is 38.2 Å². The van der Waals surface area contributed by atoms with Crippen LogP contribution in [0.2, 0.25) is 0 Å². The molecule has 178 valence electrons. The van der Waals surface area contributed by atoms with E-state index in [0.717, 1.165) is 32.6 Å². The van der Waals surface area contributed by atoms with Crippen molar-refractivity contribution in [2.45, 2.75) is 58.8 Å². The second kappa shape index (κ2) is 9.87. The molecule has 2 heterocycles. The molecule has 0 aliphatic carbocycles. The highest BCUT2D eigenvalue weighted by Crippen LogP contribution is 2.34. The fourth-order valence-corrected chi connectivity index (χ4v) is 5.49. The largest absolute Gasteiger partial charge is 0.397 e. The quantitative estimate of drug-likeness (QED) is 0.134. The third kappa shape index (κ3) is 4.36. The first-order chi connectivity index (χ1) is 17.0. The van der Waals surface area contributed by atoms with E-state index in [1.54, 1.807) is 4.40 Å². The zero-order valence-electron chi connectivity index (χ0n) is 20.3. The molecular weight excluding hydrogens is 498 g/mol. The fourth-order valence-electron chi connectivity index (χ4n) is 5.03. The minimum Gasteiger partial charge on any atom is -0.397 e. The molecule has 0 spiro atoms. The van der Waals surface area contributed by atoms with Crippen molar-refractivity contribution in [3.63, 3.8) is 0 Å². The molecule has 0 radical (unpaired) electrons. The molecule has 4 nitrogen and oxygen atoms in total. The van der Waals surface area contributed by atoms with Crippen molar-refractivity contribution < 1.29 is 0 Å². The summed E-state index contributed by atoms with van der Waals surface area (Å²) in [6.45, 7) is 4.43. The van der Waals surface area contributed by atoms with Crippen LogP contribution in [0, 0.1) is 17.8 Å². The topological polar surface area (TPSA) is 60.4 Å². The van der Waals surface area contributed by atoms with Crippen molar-refractivity contribution in [3.05, 3.63) is 62.9 Å². The van der Waals surface area contributed by atoms with Gasteiger partial charge in [-0.3, -0.25) is 9.20 Å². The van der Waals surface area contributed by atoms with E-state index in [4.69, 9.17) is 10.7 Å². The van der Waals surface area contributed by atoms with Gasteiger partial charge in [-0.15, -0.1) is 0 Å². The van der Waals surface area contributed by atoms with Crippen LogP contribution in [-0.4, -0.2) is 9.38 Å². The van der Waals surface area contributed by atoms with E-state index in [2.05, 4.69) is 41.6 Å². The number of nitrogens with zero attached hydrogens (tertiary/aromatic N) is 2. The van der Waals surface area contributed by atoms with Gasteiger partial charge in [0.1, 0.15) is 11.2 Å². The number of hydrogen-bond donors (Lipinski definition) is 1. The summed E-state index contributed by atoms with van der Waals surface area (Å²) in [5, 5.41) is 3.55. The van der Waals surface area contributed by atoms with Gasteiger partial charge >= 0.3 is 0 Å². The summed E-state index contributed by atoms with van der Waals surface area (Å²) in [5.74, 6) is 7.02. The number of nitrogen functional groups attached to an aromatic ring is 1. The Labute approximate surface area is 214 Å². The van der Waals surface area contributed by atoms with Gasteiger partial charge in [-0.05, 0) is 36.1 Å². The Morgan fingerprint density at radius 2 is 1.80 bits per heavy atom. The van der Waals surface area contributed by atoms with Gasteiger partial charge in [0.05, 0.1) is 11.2 Å². The SMILES string of the molecule is CCCCCCCCC(C)C#Cc1cc(N)c2nc3c4cccc5c(Br)ccc(c(=O)n3c2c1)c54. The summed E-state index contributed by atoms with van der Waals surface area (Å²) in [4.78, 5) is 18.4. The van der Waals surface area contributed by atoms with E-state index in [-0.39, 0.29) is 5.56 Å². The number of benzene rings is 3. The van der Waals surface area contributed by atoms with Crippen LogP contribution >= 0.6 is 15.9 Å². The lowest BCUT2D eigenvalue weighted by atomic mass is 10.0. The maximum atomic E-state index is 13.6. The van der Waals surface area contributed by atoms with Gasteiger partial charge in [0.2, 0.25) is 0 Å². The summed E-state index contributed by atoms with van der Waals surface area (Å²) in [5.41, 5.74) is 9.69. The Kier molecular flexibility index (Phi) is 6.67. The van der Waals surface area contributed by atoms with Crippen molar-refractivity contribution in [3.8, 4) is 11.8 Å². The molecule has 0 saturated carbocycles. The highest BCUT2D eigenvalue weighted by atomic mass is 79.9. The average molecular weight is 528 g/mol. The first-order valence-corrected chi connectivity index (χ1v) is 13.4. The van der Waals surface area contributed by atoms with Gasteiger partial charge in [0.15, 0.2) is 0 Å². The summed E-state index contributed by atoms with van der Waals surface area (Å²) >= 11 is 3.62. The van der Waals surface area contributed by atoms with E-state index in [1.165, 1.54) is 38.5 Å². The lowest BCUT2D eigenvalue weighted by Crippen LogP contribution is -2.13. The monoisotopic (exact) mass is 527 g/mol. The normalized spacial score (nSPS) is 12.5. The number of unbranched alkanes of at least 4 members (excludes halogenated alkanes) is 5. The molecule has 0 aliphatic heterocycles. The van der Waals surface area contributed by atoms with Crippen molar-refractivity contribution in [1.82, 2.24) is 9.38 Å². The van der Waals surface area contributed by atoms with Crippen molar-refractivity contribution >= 4 is 59.8 Å². The second-order valence-corrected chi connectivity index (χ2v) is 10.4. The van der Waals surface area contributed by atoms with E-state index >= 15 is 0 Å². The molecular formula is C30H30BrN3O. The van der Waals surface area contributed by atoms with Crippen molar-refractivity contribution in [1.29, 1.82) is 0 Å². The molecule has 0 saturated heterocycles. The third-order valence-electron chi connectivity index (χ3n) is 6.91. The molecule has 35 heavy (non-hydrogen) atoms. The molecule has 1 unspecified atom stereocenters. The van der Waals surface area contributed by atoms with Gasteiger partial charge in [-0.25, -0.2) is 4.98 Å². The second-order valence-electron chi connectivity index (χ2n) is 9.56.